The summed E-state index contributed by atoms with van der Waals surface area (Å²) in [5, 5.41) is 2.91. The van der Waals surface area contributed by atoms with Gasteiger partial charge in [-0.1, -0.05) is 23.8 Å². The molecule has 156 valence electrons. The molecular weight excluding hydrogens is 386 g/mol. The monoisotopic (exact) mass is 411 g/mol. The average Bonchev–Trinajstić information content (AvgIpc) is 3.40. The van der Waals surface area contributed by atoms with Gasteiger partial charge in [-0.05, 0) is 62.2 Å². The minimum absolute atomic E-state index is 0.140. The van der Waals surface area contributed by atoms with E-state index < -0.39 is 0 Å². The number of hydrogen-bond donors (Lipinski definition) is 1. The van der Waals surface area contributed by atoms with Crippen LogP contribution in [0.3, 0.4) is 0 Å². The normalized spacial score (nSPS) is 11.2. The van der Waals surface area contributed by atoms with E-state index in [1.807, 2.05) is 29.0 Å². The highest BCUT2D eigenvalue weighted by molar-refractivity contribution is 5.91. The molecule has 4 aromatic rings. The number of hydrogen-bond acceptors (Lipinski definition) is 3. The Morgan fingerprint density at radius 1 is 1.10 bits per heavy atom. The first kappa shape index (κ1) is 20.3. The molecule has 0 radical (unpaired) electrons. The minimum atomic E-state index is -0.140. The van der Waals surface area contributed by atoms with Crippen molar-refractivity contribution >= 4 is 12.0 Å². The molecule has 0 atom stereocenters. The Bertz CT molecular complexity index is 1200. The van der Waals surface area contributed by atoms with E-state index in [2.05, 4.69) is 71.0 Å². The fourth-order valence-corrected chi connectivity index (χ4v) is 3.53. The van der Waals surface area contributed by atoms with Crippen LogP contribution in [0.5, 0.6) is 0 Å². The van der Waals surface area contributed by atoms with Crippen molar-refractivity contribution in [3.05, 3.63) is 102 Å². The van der Waals surface area contributed by atoms with Gasteiger partial charge in [0.1, 0.15) is 12.1 Å². The summed E-state index contributed by atoms with van der Waals surface area (Å²) in [6.45, 7) is 6.64. The largest absolute Gasteiger partial charge is 0.348 e. The van der Waals surface area contributed by atoms with Crippen molar-refractivity contribution in [2.75, 3.05) is 0 Å². The SMILES string of the molecule is Cc1ccc(-n2c(C)cc(/C=C/C(=O)NCc3ccc(-n4ccnc4)nc3)c2C)cc1. The first-order valence-electron chi connectivity index (χ1n) is 10.2. The molecule has 6 nitrogen and oxygen atoms in total. The van der Waals surface area contributed by atoms with Crippen LogP contribution in [0.4, 0.5) is 0 Å². The van der Waals surface area contributed by atoms with Gasteiger partial charge in [0.05, 0.1) is 0 Å². The zero-order valence-corrected chi connectivity index (χ0v) is 17.9. The molecule has 0 unspecified atom stereocenters. The van der Waals surface area contributed by atoms with Crippen LogP contribution >= 0.6 is 0 Å². The van der Waals surface area contributed by atoms with Gasteiger partial charge in [-0.15, -0.1) is 0 Å². The Labute approximate surface area is 181 Å². The minimum Gasteiger partial charge on any atom is -0.348 e. The van der Waals surface area contributed by atoms with Gasteiger partial charge >= 0.3 is 0 Å². The molecule has 3 aromatic heterocycles. The van der Waals surface area contributed by atoms with Crippen LogP contribution in [0.2, 0.25) is 0 Å². The Balaban J connectivity index is 1.39. The Kier molecular flexibility index (Phi) is 5.80. The fourth-order valence-electron chi connectivity index (χ4n) is 3.53. The second kappa shape index (κ2) is 8.83. The van der Waals surface area contributed by atoms with Crippen LogP contribution in [0.1, 0.15) is 28.1 Å². The maximum Gasteiger partial charge on any atom is 0.244 e. The molecule has 0 saturated carbocycles. The summed E-state index contributed by atoms with van der Waals surface area (Å²) in [5.41, 5.74) is 6.55. The Morgan fingerprint density at radius 2 is 1.90 bits per heavy atom. The molecule has 0 aliphatic heterocycles. The molecule has 1 aromatic carbocycles. The van der Waals surface area contributed by atoms with Gasteiger partial charge in [-0.3, -0.25) is 9.36 Å². The molecule has 1 amide bonds. The quantitative estimate of drug-likeness (QED) is 0.481. The Morgan fingerprint density at radius 3 is 2.58 bits per heavy atom. The van der Waals surface area contributed by atoms with Gasteiger partial charge in [0, 0.05) is 48.3 Å². The first-order valence-corrected chi connectivity index (χ1v) is 10.2. The van der Waals surface area contributed by atoms with Crippen molar-refractivity contribution in [2.24, 2.45) is 0 Å². The highest BCUT2D eigenvalue weighted by Gasteiger charge is 2.09. The number of amides is 1. The van der Waals surface area contributed by atoms with Gasteiger partial charge in [-0.25, -0.2) is 9.97 Å². The molecule has 6 heteroatoms. The molecule has 0 aliphatic carbocycles. The van der Waals surface area contributed by atoms with Crippen LogP contribution in [-0.4, -0.2) is 25.0 Å². The lowest BCUT2D eigenvalue weighted by Gasteiger charge is -2.10. The summed E-state index contributed by atoms with van der Waals surface area (Å²) in [6, 6.07) is 14.4. The van der Waals surface area contributed by atoms with E-state index in [9.17, 15) is 4.79 Å². The van der Waals surface area contributed by atoms with Crippen molar-refractivity contribution in [3.8, 4) is 11.5 Å². The zero-order chi connectivity index (χ0) is 21.8. The third kappa shape index (κ3) is 4.64. The van der Waals surface area contributed by atoms with Gasteiger partial charge in [0.25, 0.3) is 0 Å². The maximum atomic E-state index is 12.3. The molecule has 3 heterocycles. The number of benzene rings is 1. The van der Waals surface area contributed by atoms with E-state index in [0.717, 1.165) is 34.0 Å². The van der Waals surface area contributed by atoms with Crippen molar-refractivity contribution in [1.29, 1.82) is 0 Å². The first-order chi connectivity index (χ1) is 15.0. The Hall–Kier alpha value is -3.93. The third-order valence-corrected chi connectivity index (χ3v) is 5.22. The highest BCUT2D eigenvalue weighted by atomic mass is 16.1. The lowest BCUT2D eigenvalue weighted by atomic mass is 10.2. The average molecular weight is 412 g/mol. The summed E-state index contributed by atoms with van der Waals surface area (Å²) < 4.78 is 4.03. The molecule has 0 fully saturated rings. The second-order valence-electron chi connectivity index (χ2n) is 7.54. The topological polar surface area (TPSA) is 64.7 Å². The number of rotatable bonds is 6. The predicted molar refractivity (Wildman–Crippen MR) is 122 cm³/mol. The van der Waals surface area contributed by atoms with E-state index in [-0.39, 0.29) is 5.91 Å². The highest BCUT2D eigenvalue weighted by Crippen LogP contribution is 2.22. The molecule has 4 rings (SSSR count). The summed E-state index contributed by atoms with van der Waals surface area (Å²) >= 11 is 0. The lowest BCUT2D eigenvalue weighted by Crippen LogP contribution is -2.20. The molecule has 0 saturated heterocycles. The van der Waals surface area contributed by atoms with Crippen LogP contribution in [0.25, 0.3) is 17.6 Å². The van der Waals surface area contributed by atoms with Crippen molar-refractivity contribution < 1.29 is 4.79 Å². The maximum absolute atomic E-state index is 12.3. The summed E-state index contributed by atoms with van der Waals surface area (Å²) in [4.78, 5) is 20.7. The number of nitrogens with one attached hydrogen (secondary N) is 1. The van der Waals surface area contributed by atoms with E-state index in [0.29, 0.717) is 6.54 Å². The van der Waals surface area contributed by atoms with Gasteiger partial charge in [-0.2, -0.15) is 0 Å². The van der Waals surface area contributed by atoms with Crippen LogP contribution in [-0.2, 0) is 11.3 Å². The van der Waals surface area contributed by atoms with Crippen LogP contribution < -0.4 is 5.32 Å². The number of carbonyl (C=O) groups excluding carboxylic acids is 1. The molecule has 31 heavy (non-hydrogen) atoms. The third-order valence-electron chi connectivity index (χ3n) is 5.22. The standard InChI is InChI=1S/C25H25N5O/c1-18-4-8-23(9-5-18)30-19(2)14-22(20(30)3)7-11-25(31)28-16-21-6-10-24(27-15-21)29-13-12-26-17-29/h4-15,17H,16H2,1-3H3,(H,28,31)/b11-7+. The number of aromatic nitrogens is 4. The van der Waals surface area contributed by atoms with Crippen LogP contribution in [0.15, 0.2) is 73.5 Å². The molecule has 0 aliphatic rings. The van der Waals surface area contributed by atoms with E-state index in [4.69, 9.17) is 0 Å². The van der Waals surface area contributed by atoms with Crippen LogP contribution in [0, 0.1) is 20.8 Å². The number of carbonyl (C=O) groups is 1. The fraction of sp³-hybridized carbons (Fsp3) is 0.160. The van der Waals surface area contributed by atoms with E-state index >= 15 is 0 Å². The summed E-state index contributed by atoms with van der Waals surface area (Å²) in [6.07, 6.45) is 10.4. The number of nitrogens with zero attached hydrogens (tertiary/aromatic N) is 4. The zero-order valence-electron chi connectivity index (χ0n) is 17.9. The molecule has 1 N–H and O–H groups in total. The molecule has 0 spiro atoms. The number of pyridine rings is 1. The summed E-state index contributed by atoms with van der Waals surface area (Å²) in [5.74, 6) is 0.648. The molecule has 0 bridgehead atoms. The molecular formula is C25H25N5O. The van der Waals surface area contributed by atoms with Crippen molar-refractivity contribution in [1.82, 2.24) is 24.4 Å². The summed E-state index contributed by atoms with van der Waals surface area (Å²) in [7, 11) is 0. The van der Waals surface area contributed by atoms with Crippen molar-refractivity contribution in [2.45, 2.75) is 27.3 Å². The lowest BCUT2D eigenvalue weighted by molar-refractivity contribution is -0.116. The number of imidazole rings is 1. The van der Waals surface area contributed by atoms with Gasteiger partial charge < -0.3 is 9.88 Å². The predicted octanol–water partition coefficient (Wildman–Crippen LogP) is 4.31. The van der Waals surface area contributed by atoms with E-state index in [1.165, 1.54) is 5.56 Å². The van der Waals surface area contributed by atoms with Gasteiger partial charge in [0.15, 0.2) is 0 Å². The van der Waals surface area contributed by atoms with Gasteiger partial charge in [0.2, 0.25) is 5.91 Å². The van der Waals surface area contributed by atoms with Crippen molar-refractivity contribution in [3.63, 3.8) is 0 Å². The van der Waals surface area contributed by atoms with E-state index in [1.54, 1.807) is 24.8 Å². The smallest absolute Gasteiger partial charge is 0.244 e. The second-order valence-corrected chi connectivity index (χ2v) is 7.54. The number of aryl methyl sites for hydroxylation is 2.